The molecule has 1 amide bonds. The fourth-order valence-electron chi connectivity index (χ4n) is 1.99. The molecule has 1 aliphatic rings. The summed E-state index contributed by atoms with van der Waals surface area (Å²) in [6.45, 7) is 7.37. The van der Waals surface area contributed by atoms with Crippen molar-refractivity contribution in [1.29, 1.82) is 0 Å². The highest BCUT2D eigenvalue weighted by Gasteiger charge is 2.25. The molecule has 1 aromatic heterocycles. The monoisotopic (exact) mass is 286 g/mol. The van der Waals surface area contributed by atoms with Crippen LogP contribution in [0.5, 0.6) is 0 Å². The first kappa shape index (κ1) is 13.8. The average molecular weight is 286 g/mol. The molecule has 0 bridgehead atoms. The maximum absolute atomic E-state index is 12.1. The summed E-state index contributed by atoms with van der Waals surface area (Å²) < 4.78 is 6.59. The molecule has 1 fully saturated rings. The van der Waals surface area contributed by atoms with Crippen molar-refractivity contribution in [3.63, 3.8) is 0 Å². The molecule has 0 radical (unpaired) electrons. The standard InChI is InChI=1S/C12H18N2O2S2/c1-8-6-17-12(13-8)18-7-11(15)14-4-9(2)16-10(3)5-14/h6,9-10H,4-5,7H2,1-3H3/t9-,10+. The van der Waals surface area contributed by atoms with Crippen molar-refractivity contribution < 1.29 is 9.53 Å². The van der Waals surface area contributed by atoms with Gasteiger partial charge in [-0.15, -0.1) is 11.3 Å². The summed E-state index contributed by atoms with van der Waals surface area (Å²) in [5, 5.41) is 2.01. The van der Waals surface area contributed by atoms with E-state index in [9.17, 15) is 4.79 Å². The number of carbonyl (C=O) groups excluding carboxylic acids is 1. The number of ether oxygens (including phenoxy) is 1. The normalized spacial score (nSPS) is 24.3. The number of hydrogen-bond acceptors (Lipinski definition) is 5. The minimum absolute atomic E-state index is 0.129. The first-order valence-corrected chi connectivity index (χ1v) is 7.89. The van der Waals surface area contributed by atoms with Crippen LogP contribution in [0, 0.1) is 6.92 Å². The Morgan fingerprint density at radius 3 is 2.78 bits per heavy atom. The maximum Gasteiger partial charge on any atom is 0.233 e. The highest BCUT2D eigenvalue weighted by atomic mass is 32.2. The summed E-state index contributed by atoms with van der Waals surface area (Å²) in [7, 11) is 0. The summed E-state index contributed by atoms with van der Waals surface area (Å²) in [5.74, 6) is 0.640. The molecule has 0 aromatic carbocycles. The van der Waals surface area contributed by atoms with E-state index in [-0.39, 0.29) is 18.1 Å². The maximum atomic E-state index is 12.1. The lowest BCUT2D eigenvalue weighted by molar-refractivity contribution is -0.140. The molecule has 0 N–H and O–H groups in total. The smallest absolute Gasteiger partial charge is 0.233 e. The van der Waals surface area contributed by atoms with E-state index in [0.717, 1.165) is 10.0 Å². The molecule has 0 unspecified atom stereocenters. The van der Waals surface area contributed by atoms with Crippen LogP contribution in [-0.4, -0.2) is 46.8 Å². The van der Waals surface area contributed by atoms with Gasteiger partial charge < -0.3 is 9.64 Å². The van der Waals surface area contributed by atoms with Gasteiger partial charge in [-0.2, -0.15) is 0 Å². The quantitative estimate of drug-likeness (QED) is 0.799. The van der Waals surface area contributed by atoms with E-state index in [1.54, 1.807) is 11.3 Å². The molecule has 18 heavy (non-hydrogen) atoms. The van der Waals surface area contributed by atoms with Gasteiger partial charge in [0.2, 0.25) is 5.91 Å². The van der Waals surface area contributed by atoms with Gasteiger partial charge in [-0.3, -0.25) is 4.79 Å². The predicted molar refractivity (Wildman–Crippen MR) is 74.2 cm³/mol. The van der Waals surface area contributed by atoms with Crippen LogP contribution in [0.1, 0.15) is 19.5 Å². The molecule has 100 valence electrons. The van der Waals surface area contributed by atoms with Crippen LogP contribution in [0.2, 0.25) is 0 Å². The summed E-state index contributed by atoms with van der Waals surface area (Å²) >= 11 is 3.12. The molecule has 0 aliphatic carbocycles. The predicted octanol–water partition coefficient (Wildman–Crippen LogP) is 2.18. The van der Waals surface area contributed by atoms with E-state index < -0.39 is 0 Å². The van der Waals surface area contributed by atoms with Crippen molar-refractivity contribution >= 4 is 29.0 Å². The minimum Gasteiger partial charge on any atom is -0.372 e. The Kier molecular flexibility index (Phi) is 4.64. The Bertz CT molecular complexity index is 412. The van der Waals surface area contributed by atoms with Gasteiger partial charge in [0.05, 0.1) is 18.0 Å². The zero-order valence-corrected chi connectivity index (χ0v) is 12.5. The number of morpholine rings is 1. The lowest BCUT2D eigenvalue weighted by Crippen LogP contribution is -2.48. The van der Waals surface area contributed by atoms with Crippen LogP contribution in [0.15, 0.2) is 9.72 Å². The number of rotatable bonds is 3. The van der Waals surface area contributed by atoms with Crippen LogP contribution in [-0.2, 0) is 9.53 Å². The van der Waals surface area contributed by atoms with Crippen molar-refractivity contribution in [3.05, 3.63) is 11.1 Å². The molecule has 0 saturated carbocycles. The Hall–Kier alpha value is -0.590. The second-order valence-electron chi connectivity index (χ2n) is 4.60. The van der Waals surface area contributed by atoms with E-state index in [4.69, 9.17) is 4.74 Å². The molecular weight excluding hydrogens is 268 g/mol. The number of thioether (sulfide) groups is 1. The highest BCUT2D eigenvalue weighted by molar-refractivity contribution is 8.01. The van der Waals surface area contributed by atoms with Crippen LogP contribution in [0.4, 0.5) is 0 Å². The summed E-state index contributed by atoms with van der Waals surface area (Å²) in [6, 6.07) is 0. The Balaban J connectivity index is 1.84. The van der Waals surface area contributed by atoms with Crippen molar-refractivity contribution in [1.82, 2.24) is 9.88 Å². The molecule has 1 saturated heterocycles. The van der Waals surface area contributed by atoms with Gasteiger partial charge in [0.25, 0.3) is 0 Å². The topological polar surface area (TPSA) is 42.4 Å². The van der Waals surface area contributed by atoms with Gasteiger partial charge in [0.15, 0.2) is 4.34 Å². The molecular formula is C12H18N2O2S2. The fourth-order valence-corrected chi connectivity index (χ4v) is 3.75. The second-order valence-corrected chi connectivity index (χ2v) is 6.68. The van der Waals surface area contributed by atoms with Crippen LogP contribution < -0.4 is 0 Å². The summed E-state index contributed by atoms with van der Waals surface area (Å²) in [4.78, 5) is 18.3. The first-order chi connectivity index (χ1) is 8.54. The van der Waals surface area contributed by atoms with Crippen molar-refractivity contribution in [2.45, 2.75) is 37.3 Å². The van der Waals surface area contributed by atoms with E-state index in [0.29, 0.717) is 18.8 Å². The molecule has 2 heterocycles. The third-order valence-corrected chi connectivity index (χ3v) is 4.81. The van der Waals surface area contributed by atoms with Gasteiger partial charge in [0.1, 0.15) is 0 Å². The van der Waals surface area contributed by atoms with E-state index in [1.165, 1.54) is 11.8 Å². The van der Waals surface area contributed by atoms with Crippen LogP contribution in [0.25, 0.3) is 0 Å². The first-order valence-electron chi connectivity index (χ1n) is 6.02. The largest absolute Gasteiger partial charge is 0.372 e. The zero-order valence-electron chi connectivity index (χ0n) is 10.9. The van der Waals surface area contributed by atoms with Gasteiger partial charge in [-0.05, 0) is 20.8 Å². The zero-order chi connectivity index (χ0) is 13.1. The van der Waals surface area contributed by atoms with Crippen molar-refractivity contribution in [2.75, 3.05) is 18.8 Å². The third-order valence-electron chi connectivity index (χ3n) is 2.69. The molecule has 1 aromatic rings. The molecule has 2 rings (SSSR count). The lowest BCUT2D eigenvalue weighted by atomic mass is 10.2. The third kappa shape index (κ3) is 3.70. The van der Waals surface area contributed by atoms with Gasteiger partial charge in [-0.25, -0.2) is 4.98 Å². The van der Waals surface area contributed by atoms with Gasteiger partial charge in [-0.1, -0.05) is 11.8 Å². The highest BCUT2D eigenvalue weighted by Crippen LogP contribution is 2.23. The second kappa shape index (κ2) is 6.04. The van der Waals surface area contributed by atoms with E-state index >= 15 is 0 Å². The number of nitrogens with zero attached hydrogens (tertiary/aromatic N) is 2. The van der Waals surface area contributed by atoms with E-state index in [1.807, 2.05) is 31.1 Å². The summed E-state index contributed by atoms with van der Waals surface area (Å²) in [5.41, 5.74) is 1.02. The van der Waals surface area contributed by atoms with Crippen LogP contribution in [0.3, 0.4) is 0 Å². The number of thiazole rings is 1. The number of hydrogen-bond donors (Lipinski definition) is 0. The summed E-state index contributed by atoms with van der Waals surface area (Å²) in [6.07, 6.45) is 0.259. The number of carbonyl (C=O) groups is 1. The molecule has 1 aliphatic heterocycles. The van der Waals surface area contributed by atoms with E-state index in [2.05, 4.69) is 4.98 Å². The van der Waals surface area contributed by atoms with Crippen molar-refractivity contribution in [2.24, 2.45) is 0 Å². The molecule has 2 atom stereocenters. The average Bonchev–Trinajstić information content (AvgIpc) is 2.70. The fraction of sp³-hybridized carbons (Fsp3) is 0.667. The minimum atomic E-state index is 0.129. The lowest BCUT2D eigenvalue weighted by Gasteiger charge is -2.35. The van der Waals surface area contributed by atoms with Crippen LogP contribution >= 0.6 is 23.1 Å². The Morgan fingerprint density at radius 2 is 2.22 bits per heavy atom. The number of amides is 1. The SMILES string of the molecule is Cc1csc(SCC(=O)N2C[C@@H](C)O[C@@H](C)C2)n1. The molecule has 0 spiro atoms. The van der Waals surface area contributed by atoms with Gasteiger partial charge >= 0.3 is 0 Å². The number of aromatic nitrogens is 1. The molecule has 6 heteroatoms. The Morgan fingerprint density at radius 1 is 1.56 bits per heavy atom. The Labute approximate surface area is 116 Å². The number of aryl methyl sites for hydroxylation is 1. The molecule has 4 nitrogen and oxygen atoms in total. The van der Waals surface area contributed by atoms with Crippen molar-refractivity contribution in [3.8, 4) is 0 Å². The van der Waals surface area contributed by atoms with Gasteiger partial charge in [0, 0.05) is 24.2 Å².